The molecule has 1 aliphatic carbocycles. The highest BCUT2D eigenvalue weighted by atomic mass is 79.9. The Labute approximate surface area is 122 Å². The summed E-state index contributed by atoms with van der Waals surface area (Å²) in [5, 5.41) is 0.742. The average molecular weight is 332 g/mol. The number of nitrogens with one attached hydrogen (secondary N) is 1. The van der Waals surface area contributed by atoms with Gasteiger partial charge in [0.05, 0.1) is 5.02 Å². The normalized spacial score (nSPS) is 26.0. The average Bonchev–Trinajstić information content (AvgIpc) is 2.35. The van der Waals surface area contributed by atoms with Crippen molar-refractivity contribution in [3.05, 3.63) is 33.3 Å². The van der Waals surface area contributed by atoms with Crippen molar-refractivity contribution in [3.63, 3.8) is 0 Å². The Morgan fingerprint density at radius 1 is 1.44 bits per heavy atom. The van der Waals surface area contributed by atoms with Crippen molar-refractivity contribution in [1.82, 2.24) is 5.43 Å². The van der Waals surface area contributed by atoms with Crippen LogP contribution in [0.25, 0.3) is 0 Å². The predicted octanol–water partition coefficient (Wildman–Crippen LogP) is 4.43. The first-order valence-electron chi connectivity index (χ1n) is 6.53. The van der Waals surface area contributed by atoms with Crippen LogP contribution in [0, 0.1) is 11.8 Å². The minimum atomic E-state index is 0.223. The molecule has 0 aromatic heterocycles. The molecule has 0 aliphatic heterocycles. The molecule has 0 spiro atoms. The molecule has 100 valence electrons. The number of hydrogen-bond donors (Lipinski definition) is 2. The van der Waals surface area contributed by atoms with E-state index in [0.717, 1.165) is 15.4 Å². The van der Waals surface area contributed by atoms with Crippen molar-refractivity contribution in [2.75, 3.05) is 0 Å². The number of hydrogen-bond acceptors (Lipinski definition) is 2. The van der Waals surface area contributed by atoms with Crippen LogP contribution in [-0.2, 0) is 0 Å². The summed E-state index contributed by atoms with van der Waals surface area (Å²) < 4.78 is 0.936. The standard InChI is InChI=1S/C14H20BrClN2/c1-9-3-2-4-10(7-9)14(18-17)11-5-6-13(16)12(15)8-11/h5-6,8-10,14,18H,2-4,7,17H2,1H3. The van der Waals surface area contributed by atoms with Gasteiger partial charge in [-0.15, -0.1) is 0 Å². The van der Waals surface area contributed by atoms with E-state index in [1.807, 2.05) is 6.07 Å². The van der Waals surface area contributed by atoms with Crippen LogP contribution in [0.2, 0.25) is 5.02 Å². The van der Waals surface area contributed by atoms with Gasteiger partial charge in [-0.1, -0.05) is 37.4 Å². The third kappa shape index (κ3) is 3.27. The summed E-state index contributed by atoms with van der Waals surface area (Å²) in [6, 6.07) is 6.29. The molecule has 18 heavy (non-hydrogen) atoms. The Bertz CT molecular complexity index is 411. The Kier molecular flexibility index (Phi) is 5.07. The molecule has 2 nitrogen and oxygen atoms in total. The monoisotopic (exact) mass is 330 g/mol. The van der Waals surface area contributed by atoms with Crippen LogP contribution in [0.15, 0.2) is 22.7 Å². The summed E-state index contributed by atoms with van der Waals surface area (Å²) in [6.45, 7) is 2.33. The molecule has 1 fully saturated rings. The first-order chi connectivity index (χ1) is 8.61. The Hall–Kier alpha value is -0.0900. The van der Waals surface area contributed by atoms with E-state index in [4.69, 9.17) is 17.4 Å². The quantitative estimate of drug-likeness (QED) is 0.635. The number of benzene rings is 1. The molecule has 0 saturated heterocycles. The van der Waals surface area contributed by atoms with Crippen molar-refractivity contribution in [2.24, 2.45) is 17.7 Å². The summed E-state index contributed by atoms with van der Waals surface area (Å²) in [5.41, 5.74) is 4.21. The maximum Gasteiger partial charge on any atom is 0.0548 e. The molecular weight excluding hydrogens is 312 g/mol. The van der Waals surface area contributed by atoms with Gasteiger partial charge in [-0.2, -0.15) is 0 Å². The molecule has 1 aromatic carbocycles. The van der Waals surface area contributed by atoms with E-state index in [0.29, 0.717) is 5.92 Å². The zero-order valence-electron chi connectivity index (χ0n) is 10.6. The first kappa shape index (κ1) is 14.3. The lowest BCUT2D eigenvalue weighted by molar-refractivity contribution is 0.224. The zero-order valence-corrected chi connectivity index (χ0v) is 13.0. The van der Waals surface area contributed by atoms with E-state index >= 15 is 0 Å². The van der Waals surface area contributed by atoms with Gasteiger partial charge in [-0.25, -0.2) is 0 Å². The second-order valence-electron chi connectivity index (χ2n) is 5.35. The second-order valence-corrected chi connectivity index (χ2v) is 6.61. The van der Waals surface area contributed by atoms with Gasteiger partial charge in [-0.3, -0.25) is 11.3 Å². The SMILES string of the molecule is CC1CCCC(C(NN)c2ccc(Cl)c(Br)c2)C1. The first-order valence-corrected chi connectivity index (χ1v) is 7.70. The van der Waals surface area contributed by atoms with Crippen molar-refractivity contribution < 1.29 is 0 Å². The predicted molar refractivity (Wildman–Crippen MR) is 80.3 cm³/mol. The Morgan fingerprint density at radius 3 is 2.83 bits per heavy atom. The van der Waals surface area contributed by atoms with Crippen molar-refractivity contribution in [2.45, 2.75) is 38.6 Å². The van der Waals surface area contributed by atoms with Crippen molar-refractivity contribution in [3.8, 4) is 0 Å². The lowest BCUT2D eigenvalue weighted by Crippen LogP contribution is -2.35. The lowest BCUT2D eigenvalue weighted by atomic mass is 9.77. The van der Waals surface area contributed by atoms with Crippen LogP contribution in [0.4, 0.5) is 0 Å². The van der Waals surface area contributed by atoms with Crippen molar-refractivity contribution in [1.29, 1.82) is 0 Å². The number of hydrazine groups is 1. The Morgan fingerprint density at radius 2 is 2.22 bits per heavy atom. The van der Waals surface area contributed by atoms with Crippen molar-refractivity contribution >= 4 is 27.5 Å². The van der Waals surface area contributed by atoms with Crippen LogP contribution in [0.1, 0.15) is 44.2 Å². The fraction of sp³-hybridized carbons (Fsp3) is 0.571. The van der Waals surface area contributed by atoms with Gasteiger partial charge >= 0.3 is 0 Å². The summed E-state index contributed by atoms with van der Waals surface area (Å²) in [6.07, 6.45) is 5.14. The number of nitrogens with two attached hydrogens (primary N) is 1. The molecule has 0 bridgehead atoms. The maximum atomic E-state index is 6.04. The number of rotatable bonds is 3. The van der Waals surface area contributed by atoms with E-state index in [2.05, 4.69) is 40.4 Å². The summed E-state index contributed by atoms with van der Waals surface area (Å²) in [7, 11) is 0. The fourth-order valence-electron chi connectivity index (χ4n) is 2.99. The molecule has 1 saturated carbocycles. The van der Waals surface area contributed by atoms with E-state index in [1.54, 1.807) is 0 Å². The highest BCUT2D eigenvalue weighted by Gasteiger charge is 2.27. The van der Waals surface area contributed by atoms with Gasteiger partial charge in [0, 0.05) is 10.5 Å². The van der Waals surface area contributed by atoms with E-state index in [-0.39, 0.29) is 6.04 Å². The van der Waals surface area contributed by atoms with E-state index in [1.165, 1.54) is 31.2 Å². The van der Waals surface area contributed by atoms with Crippen LogP contribution >= 0.6 is 27.5 Å². The smallest absolute Gasteiger partial charge is 0.0548 e. The highest BCUT2D eigenvalue weighted by molar-refractivity contribution is 9.10. The molecule has 1 aromatic rings. The van der Waals surface area contributed by atoms with Crippen LogP contribution in [0.3, 0.4) is 0 Å². The second kappa shape index (κ2) is 6.38. The van der Waals surface area contributed by atoms with Gasteiger partial charge in [0.1, 0.15) is 0 Å². The molecule has 3 unspecified atom stereocenters. The Balaban J connectivity index is 2.18. The summed E-state index contributed by atoms with van der Waals surface area (Å²) in [5.74, 6) is 7.19. The third-order valence-electron chi connectivity index (χ3n) is 3.93. The van der Waals surface area contributed by atoms with Crippen LogP contribution in [-0.4, -0.2) is 0 Å². The molecule has 3 atom stereocenters. The minimum absolute atomic E-state index is 0.223. The molecule has 3 N–H and O–H groups in total. The minimum Gasteiger partial charge on any atom is -0.271 e. The lowest BCUT2D eigenvalue weighted by Gasteiger charge is -2.33. The molecule has 4 heteroatoms. The molecular formula is C14H20BrClN2. The van der Waals surface area contributed by atoms with Crippen LogP contribution < -0.4 is 11.3 Å². The zero-order chi connectivity index (χ0) is 13.1. The van der Waals surface area contributed by atoms with Gasteiger partial charge in [0.15, 0.2) is 0 Å². The highest BCUT2D eigenvalue weighted by Crippen LogP contribution is 2.38. The summed E-state index contributed by atoms with van der Waals surface area (Å²) in [4.78, 5) is 0. The van der Waals surface area contributed by atoms with Gasteiger partial charge < -0.3 is 0 Å². The van der Waals surface area contributed by atoms with E-state index in [9.17, 15) is 0 Å². The largest absolute Gasteiger partial charge is 0.271 e. The topological polar surface area (TPSA) is 38.0 Å². The maximum absolute atomic E-state index is 6.04. The van der Waals surface area contributed by atoms with Gasteiger partial charge in [0.2, 0.25) is 0 Å². The van der Waals surface area contributed by atoms with Gasteiger partial charge in [0.25, 0.3) is 0 Å². The molecule has 1 aliphatic rings. The summed E-state index contributed by atoms with van der Waals surface area (Å²) >= 11 is 9.52. The molecule has 2 rings (SSSR count). The van der Waals surface area contributed by atoms with Gasteiger partial charge in [-0.05, 0) is 58.3 Å². The number of halogens is 2. The third-order valence-corrected chi connectivity index (χ3v) is 5.14. The molecule has 0 heterocycles. The fourth-order valence-corrected chi connectivity index (χ4v) is 3.51. The van der Waals surface area contributed by atoms with Crippen LogP contribution in [0.5, 0.6) is 0 Å². The molecule has 0 amide bonds. The van der Waals surface area contributed by atoms with E-state index < -0.39 is 0 Å². The molecule has 0 radical (unpaired) electrons.